The first-order valence-corrected chi connectivity index (χ1v) is 7.95. The molecule has 4 heteroatoms. The van der Waals surface area contributed by atoms with E-state index >= 15 is 0 Å². The Labute approximate surface area is 121 Å². The van der Waals surface area contributed by atoms with Crippen molar-refractivity contribution in [3.05, 3.63) is 18.0 Å². The van der Waals surface area contributed by atoms with Crippen LogP contribution in [0.15, 0.2) is 6.07 Å². The summed E-state index contributed by atoms with van der Waals surface area (Å²) < 4.78 is 28.2. The second-order valence-electron chi connectivity index (χ2n) is 5.97. The van der Waals surface area contributed by atoms with Crippen molar-refractivity contribution in [3.8, 4) is 0 Å². The fourth-order valence-electron chi connectivity index (χ4n) is 2.71. The van der Waals surface area contributed by atoms with Crippen molar-refractivity contribution in [1.29, 1.82) is 0 Å². The van der Waals surface area contributed by atoms with Crippen molar-refractivity contribution < 1.29 is 8.78 Å². The highest BCUT2D eigenvalue weighted by Gasteiger charge is 2.29. The Kier molecular flexibility index (Phi) is 7.17. The maximum Gasteiger partial charge on any atom is 0.235 e. The van der Waals surface area contributed by atoms with Crippen molar-refractivity contribution in [2.75, 3.05) is 0 Å². The molecule has 20 heavy (non-hydrogen) atoms. The van der Waals surface area contributed by atoms with E-state index in [2.05, 4.69) is 18.9 Å². The molecule has 1 aromatic heterocycles. The molecule has 1 aromatic rings. The summed E-state index contributed by atoms with van der Waals surface area (Å²) in [4.78, 5) is 0. The topological polar surface area (TPSA) is 17.8 Å². The van der Waals surface area contributed by atoms with Crippen LogP contribution in [0.2, 0.25) is 0 Å². The normalized spacial score (nSPS) is 14.4. The van der Waals surface area contributed by atoms with Gasteiger partial charge in [0.25, 0.3) is 0 Å². The van der Waals surface area contributed by atoms with E-state index in [9.17, 15) is 8.78 Å². The van der Waals surface area contributed by atoms with Crippen LogP contribution in [0, 0.1) is 11.9 Å². The number of halogens is 2. The zero-order valence-electron chi connectivity index (χ0n) is 13.1. The standard InChI is InChI=1S/C16H28F2N2/c1-4-6-8-9-10-12-16(3,11-7-5-2)20-15(18)13-14(17)19-20/h13H,4-12H2,1-3H3. The average molecular weight is 286 g/mol. The van der Waals surface area contributed by atoms with Crippen molar-refractivity contribution >= 4 is 0 Å². The van der Waals surface area contributed by atoms with Crippen LogP contribution in [0.5, 0.6) is 0 Å². The molecule has 0 aromatic carbocycles. The lowest BCUT2D eigenvalue weighted by Crippen LogP contribution is -2.32. The van der Waals surface area contributed by atoms with Crippen molar-refractivity contribution in [2.24, 2.45) is 0 Å². The molecule has 0 N–H and O–H groups in total. The molecule has 0 saturated carbocycles. The van der Waals surface area contributed by atoms with E-state index < -0.39 is 17.4 Å². The molecule has 0 aliphatic rings. The van der Waals surface area contributed by atoms with Gasteiger partial charge in [-0.3, -0.25) is 0 Å². The van der Waals surface area contributed by atoms with E-state index in [0.717, 1.165) is 44.6 Å². The highest BCUT2D eigenvalue weighted by Crippen LogP contribution is 2.30. The van der Waals surface area contributed by atoms with E-state index in [4.69, 9.17) is 0 Å². The molecule has 0 bridgehead atoms. The molecule has 0 spiro atoms. The third kappa shape index (κ3) is 4.88. The van der Waals surface area contributed by atoms with Gasteiger partial charge in [0.1, 0.15) is 0 Å². The lowest BCUT2D eigenvalue weighted by Gasteiger charge is -2.30. The predicted octanol–water partition coefficient (Wildman–Crippen LogP) is 5.43. The van der Waals surface area contributed by atoms with Crippen LogP contribution >= 0.6 is 0 Å². The molecular weight excluding hydrogens is 258 g/mol. The molecule has 1 heterocycles. The van der Waals surface area contributed by atoms with Gasteiger partial charge >= 0.3 is 0 Å². The third-order valence-corrected chi connectivity index (χ3v) is 4.04. The molecule has 0 amide bonds. The van der Waals surface area contributed by atoms with Crippen LogP contribution in [-0.4, -0.2) is 9.78 Å². The molecule has 1 atom stereocenters. The number of aromatic nitrogens is 2. The van der Waals surface area contributed by atoms with E-state index in [1.54, 1.807) is 0 Å². The second kappa shape index (κ2) is 8.38. The largest absolute Gasteiger partial charge is 0.235 e. The summed E-state index contributed by atoms with van der Waals surface area (Å²) >= 11 is 0. The summed E-state index contributed by atoms with van der Waals surface area (Å²) in [5.41, 5.74) is -0.406. The Morgan fingerprint density at radius 2 is 1.60 bits per heavy atom. The molecule has 1 unspecified atom stereocenters. The average Bonchev–Trinajstić information content (AvgIpc) is 2.76. The Balaban J connectivity index is 2.68. The fraction of sp³-hybridized carbons (Fsp3) is 0.812. The quantitative estimate of drug-likeness (QED) is 0.525. The number of unbranched alkanes of at least 4 members (excludes halogenated alkanes) is 5. The van der Waals surface area contributed by atoms with Crippen LogP contribution in [0.25, 0.3) is 0 Å². The van der Waals surface area contributed by atoms with Gasteiger partial charge < -0.3 is 0 Å². The zero-order chi connectivity index (χ0) is 15.0. The summed E-state index contributed by atoms with van der Waals surface area (Å²) in [6, 6.07) is 0.876. The number of hydrogen-bond donors (Lipinski definition) is 0. The lowest BCUT2D eigenvalue weighted by molar-refractivity contribution is 0.197. The van der Waals surface area contributed by atoms with Gasteiger partial charge in [-0.15, -0.1) is 5.10 Å². The van der Waals surface area contributed by atoms with E-state index in [1.807, 2.05) is 6.92 Å². The summed E-state index contributed by atoms with van der Waals surface area (Å²) in [7, 11) is 0. The van der Waals surface area contributed by atoms with Crippen molar-refractivity contribution in [2.45, 2.75) is 84.1 Å². The fourth-order valence-corrected chi connectivity index (χ4v) is 2.71. The summed E-state index contributed by atoms with van der Waals surface area (Å²) in [6.07, 6.45) is 9.63. The molecule has 0 fully saturated rings. The third-order valence-electron chi connectivity index (χ3n) is 4.04. The molecule has 0 radical (unpaired) electrons. The minimum atomic E-state index is -0.726. The molecule has 1 rings (SSSR count). The van der Waals surface area contributed by atoms with E-state index in [1.165, 1.54) is 23.9 Å². The van der Waals surface area contributed by atoms with Crippen molar-refractivity contribution in [3.63, 3.8) is 0 Å². The Morgan fingerprint density at radius 1 is 1.00 bits per heavy atom. The van der Waals surface area contributed by atoms with Gasteiger partial charge in [0, 0.05) is 6.07 Å². The Morgan fingerprint density at radius 3 is 2.15 bits per heavy atom. The maximum absolute atomic E-state index is 13.8. The van der Waals surface area contributed by atoms with Crippen LogP contribution in [-0.2, 0) is 5.54 Å². The molecule has 0 saturated heterocycles. The Bertz CT molecular complexity index is 390. The maximum atomic E-state index is 13.8. The van der Waals surface area contributed by atoms with Gasteiger partial charge in [-0.1, -0.05) is 58.8 Å². The van der Waals surface area contributed by atoms with Crippen LogP contribution in [0.4, 0.5) is 8.78 Å². The first-order chi connectivity index (χ1) is 9.53. The molecule has 0 aliphatic heterocycles. The first kappa shape index (κ1) is 17.1. The monoisotopic (exact) mass is 286 g/mol. The minimum absolute atomic E-state index is 0.406. The predicted molar refractivity (Wildman–Crippen MR) is 78.7 cm³/mol. The minimum Gasteiger partial charge on any atom is -0.231 e. The Hall–Kier alpha value is -0.930. The van der Waals surface area contributed by atoms with Gasteiger partial charge in [-0.2, -0.15) is 8.78 Å². The van der Waals surface area contributed by atoms with Crippen LogP contribution in [0.1, 0.15) is 78.6 Å². The van der Waals surface area contributed by atoms with Gasteiger partial charge in [0.15, 0.2) is 0 Å². The van der Waals surface area contributed by atoms with Gasteiger partial charge in [0.05, 0.1) is 5.54 Å². The highest BCUT2D eigenvalue weighted by atomic mass is 19.1. The molecular formula is C16H28F2N2. The number of rotatable bonds is 10. The SMILES string of the molecule is CCCCCCCC(C)(CCCC)n1nc(F)cc1F. The molecule has 0 aliphatic carbocycles. The number of hydrogen-bond acceptors (Lipinski definition) is 1. The van der Waals surface area contributed by atoms with Crippen LogP contribution in [0.3, 0.4) is 0 Å². The molecule has 2 nitrogen and oxygen atoms in total. The highest BCUT2D eigenvalue weighted by molar-refractivity contribution is 4.93. The second-order valence-corrected chi connectivity index (χ2v) is 5.97. The van der Waals surface area contributed by atoms with E-state index in [0.29, 0.717) is 0 Å². The van der Waals surface area contributed by atoms with E-state index in [-0.39, 0.29) is 0 Å². The first-order valence-electron chi connectivity index (χ1n) is 7.95. The smallest absolute Gasteiger partial charge is 0.231 e. The molecule has 116 valence electrons. The van der Waals surface area contributed by atoms with Crippen LogP contribution < -0.4 is 0 Å². The lowest BCUT2D eigenvalue weighted by atomic mass is 9.88. The summed E-state index contributed by atoms with van der Waals surface area (Å²) in [5, 5.41) is 3.73. The van der Waals surface area contributed by atoms with Crippen molar-refractivity contribution in [1.82, 2.24) is 9.78 Å². The number of nitrogens with zero attached hydrogens (tertiary/aromatic N) is 2. The van der Waals surface area contributed by atoms with Gasteiger partial charge in [0.2, 0.25) is 11.9 Å². The van der Waals surface area contributed by atoms with Gasteiger partial charge in [-0.25, -0.2) is 4.68 Å². The summed E-state index contributed by atoms with van der Waals surface area (Å²) in [6.45, 7) is 6.30. The van der Waals surface area contributed by atoms with Gasteiger partial charge in [-0.05, 0) is 19.8 Å². The zero-order valence-corrected chi connectivity index (χ0v) is 13.1. The summed E-state index contributed by atoms with van der Waals surface area (Å²) in [5.74, 6) is -1.29.